The third-order valence-corrected chi connectivity index (χ3v) is 6.05. The summed E-state index contributed by atoms with van der Waals surface area (Å²) in [5, 5.41) is 3.34. The van der Waals surface area contributed by atoms with Gasteiger partial charge in [-0.25, -0.2) is 0 Å². The Balaban J connectivity index is 1.47. The number of carbonyl (C=O) groups is 1. The number of nitrogens with two attached hydrogens (primary N) is 1. The van der Waals surface area contributed by atoms with Crippen molar-refractivity contribution in [2.75, 3.05) is 0 Å². The third-order valence-electron chi connectivity index (χ3n) is 6.05. The first-order valence-electron chi connectivity index (χ1n) is 9.29. The van der Waals surface area contributed by atoms with Gasteiger partial charge in [-0.1, -0.05) is 43.5 Å². The van der Waals surface area contributed by atoms with E-state index in [-0.39, 0.29) is 16.9 Å². The van der Waals surface area contributed by atoms with Gasteiger partial charge < -0.3 is 11.1 Å². The minimum absolute atomic E-state index is 0.0275. The Hall–Kier alpha value is -1.35. The number of benzene rings is 1. The second kappa shape index (κ2) is 5.62. The van der Waals surface area contributed by atoms with E-state index in [1.165, 1.54) is 30.4 Å². The van der Waals surface area contributed by atoms with Crippen molar-refractivity contribution < 1.29 is 4.79 Å². The minimum atomic E-state index is -0.251. The predicted octanol–water partition coefficient (Wildman–Crippen LogP) is 3.20. The van der Waals surface area contributed by atoms with Crippen molar-refractivity contribution in [2.45, 2.75) is 81.2 Å². The molecule has 0 aliphatic heterocycles. The van der Waals surface area contributed by atoms with E-state index in [1.807, 2.05) is 0 Å². The Morgan fingerprint density at radius 1 is 1.13 bits per heavy atom. The molecule has 0 saturated heterocycles. The summed E-state index contributed by atoms with van der Waals surface area (Å²) in [6.45, 7) is 0. The smallest absolute Gasteiger partial charge is 0.230 e. The standard InChI is InChI=1S/C20H28N2O/c21-19(9-10-19)14-15-5-4-6-16(13-15)20(11-12-20)18(23)22-17-7-2-1-3-8-17/h4-6,13,17H,1-3,7-12,14,21H2,(H,22,23). The quantitative estimate of drug-likeness (QED) is 0.877. The van der Waals surface area contributed by atoms with Crippen LogP contribution < -0.4 is 11.1 Å². The summed E-state index contributed by atoms with van der Waals surface area (Å²) in [7, 11) is 0. The fourth-order valence-corrected chi connectivity index (χ4v) is 4.07. The molecule has 1 amide bonds. The normalized spacial score (nSPS) is 24.9. The second-order valence-electron chi connectivity index (χ2n) is 8.13. The fraction of sp³-hybridized carbons (Fsp3) is 0.650. The van der Waals surface area contributed by atoms with Crippen LogP contribution in [0.3, 0.4) is 0 Å². The molecule has 3 fully saturated rings. The van der Waals surface area contributed by atoms with Gasteiger partial charge in [0.25, 0.3) is 0 Å². The van der Waals surface area contributed by atoms with Crippen molar-refractivity contribution in [2.24, 2.45) is 5.73 Å². The van der Waals surface area contributed by atoms with Crippen LogP contribution in [0.5, 0.6) is 0 Å². The highest BCUT2D eigenvalue weighted by Crippen LogP contribution is 2.49. The van der Waals surface area contributed by atoms with Gasteiger partial charge in [0, 0.05) is 11.6 Å². The summed E-state index contributed by atoms with van der Waals surface area (Å²) < 4.78 is 0. The number of amides is 1. The molecule has 0 radical (unpaired) electrons. The van der Waals surface area contributed by atoms with Crippen LogP contribution in [0.4, 0.5) is 0 Å². The van der Waals surface area contributed by atoms with Gasteiger partial charge in [0.1, 0.15) is 0 Å². The lowest BCUT2D eigenvalue weighted by Crippen LogP contribution is -2.42. The van der Waals surface area contributed by atoms with Gasteiger partial charge in [0.2, 0.25) is 5.91 Å². The molecule has 0 atom stereocenters. The molecule has 0 aromatic heterocycles. The van der Waals surface area contributed by atoms with E-state index < -0.39 is 0 Å². The molecule has 4 rings (SSSR count). The third kappa shape index (κ3) is 3.16. The van der Waals surface area contributed by atoms with Gasteiger partial charge in [-0.15, -0.1) is 0 Å². The van der Waals surface area contributed by atoms with Crippen molar-refractivity contribution in [1.82, 2.24) is 5.32 Å². The van der Waals surface area contributed by atoms with Crippen molar-refractivity contribution in [1.29, 1.82) is 0 Å². The highest BCUT2D eigenvalue weighted by atomic mass is 16.2. The summed E-state index contributed by atoms with van der Waals surface area (Å²) in [5.74, 6) is 0.260. The van der Waals surface area contributed by atoms with E-state index in [2.05, 4.69) is 29.6 Å². The maximum Gasteiger partial charge on any atom is 0.230 e. The summed E-state index contributed by atoms with van der Waals surface area (Å²) in [6, 6.07) is 9.03. The summed E-state index contributed by atoms with van der Waals surface area (Å²) >= 11 is 0. The van der Waals surface area contributed by atoms with Crippen molar-refractivity contribution in [3.05, 3.63) is 35.4 Å². The lowest BCUT2D eigenvalue weighted by Gasteiger charge is -2.26. The maximum absolute atomic E-state index is 12.9. The molecular weight excluding hydrogens is 284 g/mol. The average Bonchev–Trinajstić information content (AvgIpc) is 3.46. The van der Waals surface area contributed by atoms with Crippen molar-refractivity contribution in [3.8, 4) is 0 Å². The maximum atomic E-state index is 12.9. The predicted molar refractivity (Wildman–Crippen MR) is 92.2 cm³/mol. The molecule has 3 N–H and O–H groups in total. The van der Waals surface area contributed by atoms with Crippen molar-refractivity contribution >= 4 is 5.91 Å². The summed E-state index contributed by atoms with van der Waals surface area (Å²) in [4.78, 5) is 12.9. The van der Waals surface area contributed by atoms with E-state index in [0.29, 0.717) is 6.04 Å². The molecule has 0 bridgehead atoms. The topological polar surface area (TPSA) is 55.1 Å². The monoisotopic (exact) mass is 312 g/mol. The van der Waals surface area contributed by atoms with Crippen LogP contribution in [-0.4, -0.2) is 17.5 Å². The molecule has 124 valence electrons. The Labute approximate surface area is 139 Å². The van der Waals surface area contributed by atoms with Crippen LogP contribution in [0.15, 0.2) is 24.3 Å². The molecule has 1 aromatic carbocycles. The molecule has 0 unspecified atom stereocenters. The Morgan fingerprint density at radius 3 is 2.52 bits per heavy atom. The number of nitrogens with one attached hydrogen (secondary N) is 1. The molecule has 3 heteroatoms. The molecule has 3 aliphatic rings. The number of hydrogen-bond acceptors (Lipinski definition) is 2. The molecule has 0 spiro atoms. The number of carbonyl (C=O) groups excluding carboxylic acids is 1. The van der Waals surface area contributed by atoms with Gasteiger partial charge in [0.05, 0.1) is 5.41 Å². The lowest BCUT2D eigenvalue weighted by molar-refractivity contribution is -0.124. The van der Waals surface area contributed by atoms with Crippen LogP contribution in [-0.2, 0) is 16.6 Å². The average molecular weight is 312 g/mol. The van der Waals surface area contributed by atoms with Gasteiger partial charge >= 0.3 is 0 Å². The zero-order valence-corrected chi connectivity index (χ0v) is 13.9. The molecule has 3 nitrogen and oxygen atoms in total. The zero-order valence-electron chi connectivity index (χ0n) is 13.9. The van der Waals surface area contributed by atoms with Gasteiger partial charge in [0.15, 0.2) is 0 Å². The molecule has 3 saturated carbocycles. The first-order chi connectivity index (χ1) is 11.1. The Bertz CT molecular complexity index is 595. The van der Waals surface area contributed by atoms with E-state index in [9.17, 15) is 4.79 Å². The highest BCUT2D eigenvalue weighted by molar-refractivity contribution is 5.91. The first-order valence-corrected chi connectivity index (χ1v) is 9.29. The van der Waals surface area contributed by atoms with E-state index in [4.69, 9.17) is 5.73 Å². The van der Waals surface area contributed by atoms with Gasteiger partial charge in [-0.05, 0) is 56.1 Å². The fourth-order valence-electron chi connectivity index (χ4n) is 4.07. The molecule has 3 aliphatic carbocycles. The zero-order chi connectivity index (χ0) is 15.9. The summed E-state index contributed by atoms with van der Waals surface area (Å²) in [5.41, 5.74) is 8.53. The van der Waals surface area contributed by atoms with Gasteiger partial charge in [-0.2, -0.15) is 0 Å². The number of rotatable bonds is 5. The minimum Gasteiger partial charge on any atom is -0.353 e. The van der Waals surface area contributed by atoms with Gasteiger partial charge in [-0.3, -0.25) is 4.79 Å². The Kier molecular flexibility index (Phi) is 3.72. The molecule has 1 aromatic rings. The molecule has 23 heavy (non-hydrogen) atoms. The van der Waals surface area contributed by atoms with E-state index in [1.54, 1.807) is 0 Å². The molecule has 0 heterocycles. The SMILES string of the molecule is NC1(Cc2cccc(C3(C(=O)NC4CCCCC4)CC3)c2)CC1. The highest BCUT2D eigenvalue weighted by Gasteiger charge is 2.51. The lowest BCUT2D eigenvalue weighted by atomic mass is 9.90. The van der Waals surface area contributed by atoms with Crippen LogP contribution in [0.2, 0.25) is 0 Å². The van der Waals surface area contributed by atoms with Crippen LogP contribution in [0.25, 0.3) is 0 Å². The Morgan fingerprint density at radius 2 is 1.87 bits per heavy atom. The molecular formula is C20H28N2O. The van der Waals surface area contributed by atoms with Crippen molar-refractivity contribution in [3.63, 3.8) is 0 Å². The summed E-state index contributed by atoms with van der Waals surface area (Å²) in [6.07, 6.45) is 11.3. The number of hydrogen-bond donors (Lipinski definition) is 2. The van der Waals surface area contributed by atoms with Crippen LogP contribution in [0.1, 0.15) is 68.9 Å². The van der Waals surface area contributed by atoms with E-state index >= 15 is 0 Å². The largest absolute Gasteiger partial charge is 0.353 e. The van der Waals surface area contributed by atoms with Crippen LogP contribution in [0, 0.1) is 0 Å². The first kappa shape index (κ1) is 15.2. The van der Waals surface area contributed by atoms with Crippen LogP contribution >= 0.6 is 0 Å². The second-order valence-corrected chi connectivity index (χ2v) is 8.13. The van der Waals surface area contributed by atoms with E-state index in [0.717, 1.165) is 44.9 Å².